The van der Waals surface area contributed by atoms with Crippen molar-refractivity contribution in [3.05, 3.63) is 64.1 Å². The normalized spacial score (nSPS) is 10.4. The van der Waals surface area contributed by atoms with Crippen LogP contribution in [-0.4, -0.2) is 17.0 Å². The molecule has 0 saturated carbocycles. The number of aromatic nitrogens is 1. The van der Waals surface area contributed by atoms with E-state index in [1.807, 2.05) is 51.1 Å². The van der Waals surface area contributed by atoms with Crippen LogP contribution in [0.4, 0.5) is 5.69 Å². The number of rotatable bonds is 4. The van der Waals surface area contributed by atoms with E-state index in [0.29, 0.717) is 6.54 Å². The van der Waals surface area contributed by atoms with Crippen molar-refractivity contribution in [2.24, 2.45) is 0 Å². The molecular weight excluding hydrogens is 264 g/mol. The summed E-state index contributed by atoms with van der Waals surface area (Å²) in [6.45, 7) is 6.39. The molecule has 1 amide bonds. The second kappa shape index (κ2) is 6.39. The Hall–Kier alpha value is -2.36. The van der Waals surface area contributed by atoms with Crippen molar-refractivity contribution in [1.29, 1.82) is 0 Å². The van der Waals surface area contributed by atoms with E-state index in [2.05, 4.69) is 0 Å². The largest absolute Gasteiger partial charge is 0.311 e. The molecule has 0 aliphatic heterocycles. The quantitative estimate of drug-likeness (QED) is 0.865. The van der Waals surface area contributed by atoms with Gasteiger partial charge in [0.2, 0.25) is 5.91 Å². The van der Waals surface area contributed by atoms with Gasteiger partial charge in [0, 0.05) is 24.0 Å². The third kappa shape index (κ3) is 3.40. The predicted molar refractivity (Wildman–Crippen MR) is 84.6 cm³/mol. The molecule has 1 aromatic carbocycles. The number of nitrogens with zero attached hydrogens (tertiary/aromatic N) is 2. The zero-order valence-electron chi connectivity index (χ0n) is 12.7. The molecule has 0 saturated heterocycles. The molecule has 2 rings (SSSR count). The molecule has 0 spiro atoms. The van der Waals surface area contributed by atoms with Crippen molar-refractivity contribution in [3.63, 3.8) is 0 Å². The van der Waals surface area contributed by atoms with E-state index in [-0.39, 0.29) is 18.0 Å². The van der Waals surface area contributed by atoms with Crippen LogP contribution in [-0.2, 0) is 11.3 Å². The van der Waals surface area contributed by atoms with Gasteiger partial charge in [0.1, 0.15) is 6.54 Å². The van der Waals surface area contributed by atoms with Gasteiger partial charge >= 0.3 is 0 Å². The van der Waals surface area contributed by atoms with Crippen LogP contribution in [0.1, 0.15) is 18.2 Å². The summed E-state index contributed by atoms with van der Waals surface area (Å²) in [7, 11) is 0. The number of carbonyl (C=O) groups is 1. The van der Waals surface area contributed by atoms with Gasteiger partial charge < -0.3 is 9.47 Å². The lowest BCUT2D eigenvalue weighted by Gasteiger charge is -2.22. The number of anilines is 1. The summed E-state index contributed by atoms with van der Waals surface area (Å²) in [5, 5.41) is 0. The van der Waals surface area contributed by atoms with Gasteiger partial charge in [0.15, 0.2) is 0 Å². The number of likely N-dealkylation sites (N-methyl/N-ethyl adjacent to an activating group) is 1. The number of aryl methyl sites for hydroxylation is 2. The van der Waals surface area contributed by atoms with E-state index in [4.69, 9.17) is 0 Å². The number of carbonyl (C=O) groups excluding carboxylic acids is 1. The summed E-state index contributed by atoms with van der Waals surface area (Å²) in [5.74, 6) is -0.0838. The SMILES string of the molecule is CCN(C(=O)Cn1c(C)cccc1=O)c1cccc(C)c1. The van der Waals surface area contributed by atoms with Crippen LogP contribution < -0.4 is 10.5 Å². The van der Waals surface area contributed by atoms with Crippen LogP contribution >= 0.6 is 0 Å². The van der Waals surface area contributed by atoms with Gasteiger partial charge in [-0.3, -0.25) is 9.59 Å². The van der Waals surface area contributed by atoms with E-state index < -0.39 is 0 Å². The average Bonchev–Trinajstić information content (AvgIpc) is 2.44. The van der Waals surface area contributed by atoms with Gasteiger partial charge in [-0.15, -0.1) is 0 Å². The lowest BCUT2D eigenvalue weighted by molar-refractivity contribution is -0.119. The molecule has 0 aliphatic carbocycles. The summed E-state index contributed by atoms with van der Waals surface area (Å²) in [6, 6.07) is 12.8. The molecule has 0 atom stereocenters. The molecule has 110 valence electrons. The number of hydrogen-bond donors (Lipinski definition) is 0. The molecular formula is C17H20N2O2. The molecule has 2 aromatic rings. The van der Waals surface area contributed by atoms with Crippen molar-refractivity contribution < 1.29 is 4.79 Å². The Balaban J connectivity index is 2.28. The highest BCUT2D eigenvalue weighted by Crippen LogP contribution is 2.16. The Morgan fingerprint density at radius 1 is 1.14 bits per heavy atom. The highest BCUT2D eigenvalue weighted by atomic mass is 16.2. The van der Waals surface area contributed by atoms with Gasteiger partial charge in [0.25, 0.3) is 5.56 Å². The molecule has 1 aromatic heterocycles. The first-order valence-electron chi connectivity index (χ1n) is 7.06. The average molecular weight is 284 g/mol. The predicted octanol–water partition coefficient (Wildman–Crippen LogP) is 2.52. The zero-order valence-corrected chi connectivity index (χ0v) is 12.7. The number of benzene rings is 1. The van der Waals surface area contributed by atoms with Crippen LogP contribution in [0.15, 0.2) is 47.3 Å². The second-order valence-electron chi connectivity index (χ2n) is 5.07. The van der Waals surface area contributed by atoms with Crippen molar-refractivity contribution in [1.82, 2.24) is 4.57 Å². The molecule has 21 heavy (non-hydrogen) atoms. The lowest BCUT2D eigenvalue weighted by atomic mass is 10.2. The topological polar surface area (TPSA) is 42.3 Å². The Bertz CT molecular complexity index is 704. The fourth-order valence-electron chi connectivity index (χ4n) is 2.35. The van der Waals surface area contributed by atoms with Crippen molar-refractivity contribution in [2.75, 3.05) is 11.4 Å². The minimum atomic E-state index is -0.149. The summed E-state index contributed by atoms with van der Waals surface area (Å²) < 4.78 is 1.50. The Labute approximate surface area is 124 Å². The van der Waals surface area contributed by atoms with E-state index in [9.17, 15) is 9.59 Å². The van der Waals surface area contributed by atoms with Crippen LogP contribution in [0.2, 0.25) is 0 Å². The van der Waals surface area contributed by atoms with Crippen LogP contribution in [0.25, 0.3) is 0 Å². The highest BCUT2D eigenvalue weighted by Gasteiger charge is 2.15. The molecule has 0 unspecified atom stereocenters. The molecule has 0 N–H and O–H groups in total. The van der Waals surface area contributed by atoms with Gasteiger partial charge in [-0.05, 0) is 44.5 Å². The Kier molecular flexibility index (Phi) is 4.58. The monoisotopic (exact) mass is 284 g/mol. The van der Waals surface area contributed by atoms with Crippen molar-refractivity contribution in [2.45, 2.75) is 27.3 Å². The zero-order chi connectivity index (χ0) is 15.4. The minimum absolute atomic E-state index is 0.0628. The maximum Gasteiger partial charge on any atom is 0.251 e. The fourth-order valence-corrected chi connectivity index (χ4v) is 2.35. The van der Waals surface area contributed by atoms with Crippen LogP contribution in [0, 0.1) is 13.8 Å². The van der Waals surface area contributed by atoms with Crippen LogP contribution in [0.3, 0.4) is 0 Å². The second-order valence-corrected chi connectivity index (χ2v) is 5.07. The standard InChI is InChI=1S/C17H20N2O2/c1-4-18(15-9-5-7-13(2)11-15)17(21)12-19-14(3)8-6-10-16(19)20/h5-11H,4,12H2,1-3H3. The maximum absolute atomic E-state index is 12.5. The Morgan fingerprint density at radius 3 is 2.48 bits per heavy atom. The van der Waals surface area contributed by atoms with Crippen molar-refractivity contribution >= 4 is 11.6 Å². The number of amides is 1. The first kappa shape index (κ1) is 15.0. The molecule has 0 fully saturated rings. The lowest BCUT2D eigenvalue weighted by Crippen LogP contribution is -2.37. The smallest absolute Gasteiger partial charge is 0.251 e. The highest BCUT2D eigenvalue weighted by molar-refractivity contribution is 5.93. The third-order valence-electron chi connectivity index (χ3n) is 3.49. The molecule has 0 aliphatic rings. The molecule has 4 heteroatoms. The van der Waals surface area contributed by atoms with E-state index in [1.54, 1.807) is 11.0 Å². The molecule has 0 bridgehead atoms. The maximum atomic E-state index is 12.5. The van der Waals surface area contributed by atoms with Gasteiger partial charge in [-0.25, -0.2) is 0 Å². The van der Waals surface area contributed by atoms with Crippen molar-refractivity contribution in [3.8, 4) is 0 Å². The van der Waals surface area contributed by atoms with E-state index >= 15 is 0 Å². The first-order valence-corrected chi connectivity index (χ1v) is 7.06. The van der Waals surface area contributed by atoms with Crippen LogP contribution in [0.5, 0.6) is 0 Å². The molecule has 0 radical (unpaired) electrons. The Morgan fingerprint density at radius 2 is 1.86 bits per heavy atom. The third-order valence-corrected chi connectivity index (χ3v) is 3.49. The summed E-state index contributed by atoms with van der Waals surface area (Å²) in [4.78, 5) is 26.1. The minimum Gasteiger partial charge on any atom is -0.311 e. The molecule has 4 nitrogen and oxygen atoms in total. The van der Waals surface area contributed by atoms with E-state index in [1.165, 1.54) is 10.6 Å². The number of pyridine rings is 1. The number of hydrogen-bond acceptors (Lipinski definition) is 2. The van der Waals surface area contributed by atoms with Gasteiger partial charge in [-0.1, -0.05) is 18.2 Å². The summed E-state index contributed by atoms with van der Waals surface area (Å²) in [5.41, 5.74) is 2.61. The van der Waals surface area contributed by atoms with E-state index in [0.717, 1.165) is 16.9 Å². The summed E-state index contributed by atoms with van der Waals surface area (Å²) >= 11 is 0. The molecule has 1 heterocycles. The van der Waals surface area contributed by atoms with Gasteiger partial charge in [0.05, 0.1) is 0 Å². The summed E-state index contributed by atoms with van der Waals surface area (Å²) in [6.07, 6.45) is 0. The fraction of sp³-hybridized carbons (Fsp3) is 0.294. The van der Waals surface area contributed by atoms with Gasteiger partial charge in [-0.2, -0.15) is 0 Å². The first-order chi connectivity index (χ1) is 10.0.